The van der Waals surface area contributed by atoms with Crippen molar-refractivity contribution < 1.29 is 45.3 Å². The maximum absolute atomic E-state index is 14.0. The summed E-state index contributed by atoms with van der Waals surface area (Å²) < 4.78 is 94.2. The Morgan fingerprint density at radius 2 is 1.76 bits per heavy atom. The first kappa shape index (κ1) is 24.6. The fourth-order valence-electron chi connectivity index (χ4n) is 4.19. The van der Waals surface area contributed by atoms with Crippen LogP contribution in [0.3, 0.4) is 0 Å². The number of benzene rings is 2. The van der Waals surface area contributed by atoms with Crippen LogP contribution in [0.4, 0.5) is 37.8 Å². The first-order valence-electron chi connectivity index (χ1n) is 10.9. The second kappa shape index (κ2) is 8.78. The van der Waals surface area contributed by atoms with Gasteiger partial charge in [-0.3, -0.25) is 4.79 Å². The number of halogens is 6. The molecule has 0 fully saturated rings. The molecule has 196 valence electrons. The predicted molar refractivity (Wildman–Crippen MR) is 117 cm³/mol. The zero-order chi connectivity index (χ0) is 26.5. The molecule has 8 nitrogen and oxygen atoms in total. The van der Waals surface area contributed by atoms with E-state index < -0.39 is 36.3 Å². The standard InChI is InChI=1S/C23H18F6N4O4/c1-32(13-3-5-14(6-4-13)37-23(27,28)29)21(34)16-10-20-30-15(9-19(22(24,25)26)33(20)31-16)12-2-7-17-18(8-12)36-11-35-17/h2-8,10,15,19,30H,9,11H2,1H3/t15-,19-/m0/s1. The molecule has 3 heterocycles. The zero-order valence-electron chi connectivity index (χ0n) is 18.9. The Morgan fingerprint density at radius 1 is 1.05 bits per heavy atom. The van der Waals surface area contributed by atoms with Crippen molar-refractivity contribution in [3.8, 4) is 17.2 Å². The van der Waals surface area contributed by atoms with Crippen molar-refractivity contribution in [2.45, 2.75) is 31.0 Å². The van der Waals surface area contributed by atoms with Gasteiger partial charge >= 0.3 is 12.5 Å². The third kappa shape index (κ3) is 4.95. The predicted octanol–water partition coefficient (Wildman–Crippen LogP) is 5.45. The molecule has 0 unspecified atom stereocenters. The zero-order valence-corrected chi connectivity index (χ0v) is 18.9. The highest BCUT2D eigenvalue weighted by Crippen LogP contribution is 2.45. The van der Waals surface area contributed by atoms with Gasteiger partial charge in [0.15, 0.2) is 23.2 Å². The lowest BCUT2D eigenvalue weighted by molar-refractivity contribution is -0.274. The van der Waals surface area contributed by atoms with Crippen LogP contribution in [0.2, 0.25) is 0 Å². The molecule has 1 amide bonds. The number of amides is 1. The molecule has 14 heteroatoms. The van der Waals surface area contributed by atoms with Crippen LogP contribution < -0.4 is 24.4 Å². The Morgan fingerprint density at radius 3 is 2.43 bits per heavy atom. The van der Waals surface area contributed by atoms with Crippen molar-refractivity contribution in [2.24, 2.45) is 0 Å². The fourth-order valence-corrected chi connectivity index (χ4v) is 4.19. The van der Waals surface area contributed by atoms with E-state index in [1.807, 2.05) is 0 Å². The summed E-state index contributed by atoms with van der Waals surface area (Å²) >= 11 is 0. The van der Waals surface area contributed by atoms with Gasteiger partial charge in [-0.25, -0.2) is 4.68 Å². The molecule has 2 atom stereocenters. The van der Waals surface area contributed by atoms with E-state index >= 15 is 0 Å². The van der Waals surface area contributed by atoms with Gasteiger partial charge in [-0.05, 0) is 42.0 Å². The van der Waals surface area contributed by atoms with Crippen molar-refractivity contribution >= 4 is 17.4 Å². The number of aromatic nitrogens is 2. The molecule has 0 saturated carbocycles. The van der Waals surface area contributed by atoms with Crippen LogP contribution in [-0.2, 0) is 0 Å². The molecule has 1 N–H and O–H groups in total. The van der Waals surface area contributed by atoms with Crippen LogP contribution in [-0.4, -0.2) is 42.1 Å². The Bertz CT molecular complexity index is 1320. The van der Waals surface area contributed by atoms with E-state index in [9.17, 15) is 31.1 Å². The molecule has 2 aliphatic rings. The summed E-state index contributed by atoms with van der Waals surface area (Å²) in [7, 11) is 1.32. The molecule has 37 heavy (non-hydrogen) atoms. The van der Waals surface area contributed by atoms with Crippen molar-refractivity contribution in [3.63, 3.8) is 0 Å². The summed E-state index contributed by atoms with van der Waals surface area (Å²) in [5, 5.41) is 6.92. The summed E-state index contributed by atoms with van der Waals surface area (Å²) in [6, 6.07) is 7.74. The molecule has 5 rings (SSSR count). The first-order chi connectivity index (χ1) is 17.4. The average molecular weight is 528 g/mol. The van der Waals surface area contributed by atoms with E-state index in [0.717, 1.165) is 21.7 Å². The molecular formula is C23H18F6N4O4. The van der Waals surface area contributed by atoms with Gasteiger partial charge in [0.1, 0.15) is 11.6 Å². The maximum Gasteiger partial charge on any atom is 0.573 e. The van der Waals surface area contributed by atoms with Crippen molar-refractivity contribution in [1.29, 1.82) is 0 Å². The Hall–Kier alpha value is -4.10. The van der Waals surface area contributed by atoms with Crippen LogP contribution in [0.1, 0.15) is 34.6 Å². The molecule has 0 spiro atoms. The van der Waals surface area contributed by atoms with Gasteiger partial charge in [0.2, 0.25) is 6.79 Å². The summed E-state index contributed by atoms with van der Waals surface area (Å²) in [5.41, 5.74) is 0.447. The van der Waals surface area contributed by atoms with Crippen molar-refractivity contribution in [3.05, 3.63) is 59.8 Å². The molecular weight excluding hydrogens is 510 g/mol. The summed E-state index contributed by atoms with van der Waals surface area (Å²) in [5.74, 6) is -0.339. The fraction of sp³-hybridized carbons (Fsp3) is 0.304. The second-order valence-electron chi connectivity index (χ2n) is 8.37. The van der Waals surface area contributed by atoms with Gasteiger partial charge in [-0.1, -0.05) is 6.07 Å². The number of anilines is 2. The molecule has 0 aliphatic carbocycles. The van der Waals surface area contributed by atoms with E-state index in [1.165, 1.54) is 25.2 Å². The lowest BCUT2D eigenvalue weighted by atomic mass is 9.96. The number of hydrogen-bond acceptors (Lipinski definition) is 6. The number of fused-ring (bicyclic) bond motifs is 2. The van der Waals surface area contributed by atoms with Crippen molar-refractivity contribution in [1.82, 2.24) is 9.78 Å². The summed E-state index contributed by atoms with van der Waals surface area (Å²) in [6.07, 6.45) is -9.92. The van der Waals surface area contributed by atoms with Crippen LogP contribution in [0, 0.1) is 0 Å². The molecule has 0 radical (unpaired) electrons. The minimum atomic E-state index is -4.88. The number of carbonyl (C=O) groups is 1. The number of hydrogen-bond donors (Lipinski definition) is 1. The van der Waals surface area contributed by atoms with E-state index in [-0.39, 0.29) is 30.4 Å². The number of alkyl halides is 6. The molecule has 1 aromatic heterocycles. The monoisotopic (exact) mass is 528 g/mol. The second-order valence-corrected chi connectivity index (χ2v) is 8.37. The van der Waals surface area contributed by atoms with Gasteiger partial charge < -0.3 is 24.4 Å². The average Bonchev–Trinajstić information content (AvgIpc) is 3.47. The van der Waals surface area contributed by atoms with Crippen molar-refractivity contribution in [2.75, 3.05) is 24.1 Å². The van der Waals surface area contributed by atoms with E-state index in [4.69, 9.17) is 9.47 Å². The number of carbonyl (C=O) groups excluding carboxylic acids is 1. The number of nitrogens with zero attached hydrogens (tertiary/aromatic N) is 3. The van der Waals surface area contributed by atoms with Gasteiger partial charge in [0.05, 0.1) is 6.04 Å². The molecule has 0 bridgehead atoms. The Kier molecular flexibility index (Phi) is 5.83. The minimum Gasteiger partial charge on any atom is -0.454 e. The van der Waals surface area contributed by atoms with Crippen LogP contribution in [0.25, 0.3) is 0 Å². The first-order valence-corrected chi connectivity index (χ1v) is 10.9. The highest BCUT2D eigenvalue weighted by molar-refractivity contribution is 6.04. The Balaban J connectivity index is 1.40. The van der Waals surface area contributed by atoms with Gasteiger partial charge in [0, 0.05) is 25.2 Å². The number of rotatable bonds is 4. The normalized spacial score (nSPS) is 18.7. The third-order valence-corrected chi connectivity index (χ3v) is 5.97. The molecule has 2 aromatic carbocycles. The summed E-state index contributed by atoms with van der Waals surface area (Å²) in [6.45, 7) is 0.0197. The largest absolute Gasteiger partial charge is 0.573 e. The van der Waals surface area contributed by atoms with Gasteiger partial charge in [0.25, 0.3) is 5.91 Å². The molecule has 3 aromatic rings. The minimum absolute atomic E-state index is 0.0121. The third-order valence-electron chi connectivity index (χ3n) is 5.97. The highest BCUT2D eigenvalue weighted by atomic mass is 19.4. The highest BCUT2D eigenvalue weighted by Gasteiger charge is 2.47. The van der Waals surface area contributed by atoms with E-state index in [0.29, 0.717) is 17.1 Å². The molecule has 0 saturated heterocycles. The molecule has 2 aliphatic heterocycles. The topological polar surface area (TPSA) is 77.9 Å². The van der Waals surface area contributed by atoms with Crippen LogP contribution in [0.5, 0.6) is 17.2 Å². The van der Waals surface area contributed by atoms with Gasteiger partial charge in [-0.15, -0.1) is 13.2 Å². The van der Waals surface area contributed by atoms with Crippen LogP contribution >= 0.6 is 0 Å². The number of nitrogens with one attached hydrogen (secondary N) is 1. The SMILES string of the molecule is CN(C(=O)c1cc2n(n1)[C@H](C(F)(F)F)C[C@@H](c1ccc3c(c1)OCO3)N2)c1ccc(OC(F)(F)F)cc1. The summed E-state index contributed by atoms with van der Waals surface area (Å²) in [4.78, 5) is 14.1. The number of ether oxygens (including phenoxy) is 3. The quantitative estimate of drug-likeness (QED) is 0.454. The van der Waals surface area contributed by atoms with Crippen LogP contribution in [0.15, 0.2) is 48.5 Å². The lowest BCUT2D eigenvalue weighted by Crippen LogP contribution is -2.36. The van der Waals surface area contributed by atoms with E-state index in [1.54, 1.807) is 18.2 Å². The van der Waals surface area contributed by atoms with E-state index in [2.05, 4.69) is 15.2 Å². The smallest absolute Gasteiger partial charge is 0.454 e. The lowest BCUT2D eigenvalue weighted by Gasteiger charge is -2.33. The maximum atomic E-state index is 14.0. The van der Waals surface area contributed by atoms with Gasteiger partial charge in [-0.2, -0.15) is 18.3 Å². The Labute approximate surface area is 205 Å².